The molecule has 0 fully saturated rings. The molecule has 0 atom stereocenters. The number of hydrogen-bond acceptors (Lipinski definition) is 3. The van der Waals surface area contributed by atoms with Crippen molar-refractivity contribution >= 4 is 6.29 Å². The lowest BCUT2D eigenvalue weighted by molar-refractivity contribution is -0.107. The highest BCUT2D eigenvalue weighted by Crippen LogP contribution is 1.97. The van der Waals surface area contributed by atoms with Crippen molar-refractivity contribution in [3.05, 3.63) is 11.8 Å². The van der Waals surface area contributed by atoms with E-state index >= 15 is 0 Å². The first kappa shape index (κ1) is 10.2. The minimum Gasteiger partial charge on any atom is -0.326 e. The molecular weight excluding hydrogens is 140 g/mol. The molecule has 0 aliphatic heterocycles. The summed E-state index contributed by atoms with van der Waals surface area (Å²) in [5, 5.41) is 0. The maximum Gasteiger partial charge on any atom is 0.120 e. The second-order valence-electron chi connectivity index (χ2n) is 2.20. The fraction of sp³-hybridized carbons (Fsp3) is 0.625. The van der Waals surface area contributed by atoms with Gasteiger partial charge in [-0.05, 0) is 12.8 Å². The SMILES string of the molecule is CC/C(=C/CCC=O)NNC. The van der Waals surface area contributed by atoms with Crippen LogP contribution >= 0.6 is 0 Å². The lowest BCUT2D eigenvalue weighted by Gasteiger charge is -2.05. The smallest absolute Gasteiger partial charge is 0.120 e. The molecule has 64 valence electrons. The maximum atomic E-state index is 9.97. The Morgan fingerprint density at radius 3 is 2.64 bits per heavy atom. The van der Waals surface area contributed by atoms with Gasteiger partial charge in [-0.2, -0.15) is 0 Å². The quantitative estimate of drug-likeness (QED) is 0.342. The van der Waals surface area contributed by atoms with Crippen LogP contribution in [0.5, 0.6) is 0 Å². The Labute approximate surface area is 67.8 Å². The van der Waals surface area contributed by atoms with Gasteiger partial charge in [-0.3, -0.25) is 0 Å². The Morgan fingerprint density at radius 1 is 1.45 bits per heavy atom. The second-order valence-corrected chi connectivity index (χ2v) is 2.20. The van der Waals surface area contributed by atoms with Gasteiger partial charge in [0.15, 0.2) is 0 Å². The third-order valence-corrected chi connectivity index (χ3v) is 1.34. The summed E-state index contributed by atoms with van der Waals surface area (Å²) in [7, 11) is 1.82. The van der Waals surface area contributed by atoms with Crippen molar-refractivity contribution in [1.29, 1.82) is 0 Å². The first-order chi connectivity index (χ1) is 5.35. The van der Waals surface area contributed by atoms with Gasteiger partial charge in [0.1, 0.15) is 6.29 Å². The van der Waals surface area contributed by atoms with Crippen LogP contribution in [0.1, 0.15) is 26.2 Å². The van der Waals surface area contributed by atoms with Crippen LogP contribution in [0.3, 0.4) is 0 Å². The molecule has 3 heteroatoms. The molecule has 0 heterocycles. The van der Waals surface area contributed by atoms with Crippen LogP contribution in [0, 0.1) is 0 Å². The molecular formula is C8H16N2O. The molecule has 0 unspecified atom stereocenters. The van der Waals surface area contributed by atoms with Crippen molar-refractivity contribution in [2.75, 3.05) is 7.05 Å². The average molecular weight is 156 g/mol. The second kappa shape index (κ2) is 7.28. The number of hydrazine groups is 1. The van der Waals surface area contributed by atoms with E-state index in [-0.39, 0.29) is 0 Å². The van der Waals surface area contributed by atoms with E-state index in [2.05, 4.69) is 17.8 Å². The summed E-state index contributed by atoms with van der Waals surface area (Å²) in [4.78, 5) is 9.97. The first-order valence-corrected chi connectivity index (χ1v) is 3.90. The van der Waals surface area contributed by atoms with Gasteiger partial charge in [-0.25, -0.2) is 5.43 Å². The van der Waals surface area contributed by atoms with E-state index < -0.39 is 0 Å². The molecule has 0 aromatic carbocycles. The van der Waals surface area contributed by atoms with Gasteiger partial charge >= 0.3 is 0 Å². The Bertz CT molecular complexity index is 132. The summed E-state index contributed by atoms with van der Waals surface area (Å²) in [6.45, 7) is 2.07. The molecule has 0 aromatic rings. The van der Waals surface area contributed by atoms with Crippen molar-refractivity contribution in [3.8, 4) is 0 Å². The molecule has 0 aromatic heterocycles. The molecule has 0 bridgehead atoms. The van der Waals surface area contributed by atoms with Gasteiger partial charge in [0, 0.05) is 19.2 Å². The average Bonchev–Trinajstić information content (AvgIpc) is 2.03. The normalized spacial score (nSPS) is 11.3. The van der Waals surface area contributed by atoms with E-state index in [1.807, 2.05) is 13.1 Å². The van der Waals surface area contributed by atoms with Crippen LogP contribution < -0.4 is 10.9 Å². The monoisotopic (exact) mass is 156 g/mol. The van der Waals surface area contributed by atoms with Crippen molar-refractivity contribution in [2.24, 2.45) is 0 Å². The molecule has 0 aliphatic rings. The number of unbranched alkanes of at least 4 members (excludes halogenated alkanes) is 1. The Hall–Kier alpha value is -0.830. The lowest BCUT2D eigenvalue weighted by atomic mass is 10.2. The fourth-order valence-electron chi connectivity index (χ4n) is 0.770. The van der Waals surface area contributed by atoms with Gasteiger partial charge in [0.25, 0.3) is 0 Å². The van der Waals surface area contributed by atoms with Crippen LogP contribution in [0.15, 0.2) is 11.8 Å². The Morgan fingerprint density at radius 2 is 2.18 bits per heavy atom. The van der Waals surface area contributed by atoms with Crippen LogP contribution in [0.4, 0.5) is 0 Å². The zero-order valence-electron chi connectivity index (χ0n) is 7.18. The third-order valence-electron chi connectivity index (χ3n) is 1.34. The predicted molar refractivity (Wildman–Crippen MR) is 45.9 cm³/mol. The number of hydrogen-bond donors (Lipinski definition) is 2. The summed E-state index contributed by atoms with van der Waals surface area (Å²) >= 11 is 0. The van der Waals surface area contributed by atoms with Crippen molar-refractivity contribution < 1.29 is 4.79 Å². The molecule has 0 aliphatic carbocycles. The summed E-state index contributed by atoms with van der Waals surface area (Å²) < 4.78 is 0. The summed E-state index contributed by atoms with van der Waals surface area (Å²) in [6.07, 6.45) is 5.35. The van der Waals surface area contributed by atoms with Crippen molar-refractivity contribution in [3.63, 3.8) is 0 Å². The summed E-state index contributed by atoms with van der Waals surface area (Å²) in [6, 6.07) is 0. The number of carbonyl (C=O) groups excluding carboxylic acids is 1. The van der Waals surface area contributed by atoms with Gasteiger partial charge in [0.05, 0.1) is 0 Å². The number of aldehydes is 1. The number of allylic oxidation sites excluding steroid dienone is 2. The van der Waals surface area contributed by atoms with Gasteiger partial charge < -0.3 is 10.2 Å². The summed E-state index contributed by atoms with van der Waals surface area (Å²) in [5.74, 6) is 0. The van der Waals surface area contributed by atoms with E-state index in [1.54, 1.807) is 0 Å². The van der Waals surface area contributed by atoms with Crippen LogP contribution in [-0.4, -0.2) is 13.3 Å². The third kappa shape index (κ3) is 5.61. The highest BCUT2D eigenvalue weighted by molar-refractivity contribution is 5.49. The molecule has 2 N–H and O–H groups in total. The van der Waals surface area contributed by atoms with Gasteiger partial charge in [0.2, 0.25) is 0 Å². The largest absolute Gasteiger partial charge is 0.326 e. The molecule has 11 heavy (non-hydrogen) atoms. The molecule has 0 saturated heterocycles. The lowest BCUT2D eigenvalue weighted by Crippen LogP contribution is -2.26. The molecule has 0 spiro atoms. The zero-order valence-corrected chi connectivity index (χ0v) is 7.18. The van der Waals surface area contributed by atoms with Crippen molar-refractivity contribution in [2.45, 2.75) is 26.2 Å². The molecule has 3 nitrogen and oxygen atoms in total. The summed E-state index contributed by atoms with van der Waals surface area (Å²) in [5.41, 5.74) is 6.96. The van der Waals surface area contributed by atoms with Crippen LogP contribution in [0.2, 0.25) is 0 Å². The van der Waals surface area contributed by atoms with Gasteiger partial charge in [-0.1, -0.05) is 13.0 Å². The minimum absolute atomic E-state index is 0.606. The molecule has 0 rings (SSSR count). The maximum absolute atomic E-state index is 9.97. The Kier molecular flexibility index (Phi) is 6.73. The molecule has 0 radical (unpaired) electrons. The van der Waals surface area contributed by atoms with Crippen LogP contribution in [0.25, 0.3) is 0 Å². The fourth-order valence-corrected chi connectivity index (χ4v) is 0.770. The zero-order chi connectivity index (χ0) is 8.53. The number of rotatable bonds is 6. The first-order valence-electron chi connectivity index (χ1n) is 3.90. The highest BCUT2D eigenvalue weighted by Gasteiger charge is 1.88. The minimum atomic E-state index is 0.606. The van der Waals surface area contributed by atoms with E-state index in [0.717, 1.165) is 24.8 Å². The van der Waals surface area contributed by atoms with E-state index in [0.29, 0.717) is 6.42 Å². The molecule has 0 saturated carbocycles. The molecule has 0 amide bonds. The van der Waals surface area contributed by atoms with E-state index in [4.69, 9.17) is 0 Å². The van der Waals surface area contributed by atoms with Crippen molar-refractivity contribution in [1.82, 2.24) is 10.9 Å². The predicted octanol–water partition coefficient (Wildman–Crippen LogP) is 0.983. The topological polar surface area (TPSA) is 41.1 Å². The number of nitrogens with one attached hydrogen (secondary N) is 2. The van der Waals surface area contributed by atoms with E-state index in [9.17, 15) is 4.79 Å². The standard InChI is InChI=1S/C8H16N2O/c1-3-8(10-9-2)6-4-5-7-11/h6-7,9-10H,3-5H2,1-2H3/b8-6-. The van der Waals surface area contributed by atoms with E-state index in [1.165, 1.54) is 0 Å². The Balaban J connectivity index is 3.60. The number of carbonyl (C=O) groups is 1. The van der Waals surface area contributed by atoms with Crippen LogP contribution in [-0.2, 0) is 4.79 Å². The highest BCUT2D eigenvalue weighted by atomic mass is 16.1. The van der Waals surface area contributed by atoms with Gasteiger partial charge in [-0.15, -0.1) is 0 Å².